The molecule has 0 saturated carbocycles. The van der Waals surface area contributed by atoms with E-state index in [4.69, 9.17) is 5.73 Å². The van der Waals surface area contributed by atoms with Gasteiger partial charge in [-0.25, -0.2) is 9.97 Å². The van der Waals surface area contributed by atoms with Gasteiger partial charge in [0.1, 0.15) is 10.8 Å². The Balaban J connectivity index is 1.93. The molecule has 0 saturated heterocycles. The lowest BCUT2D eigenvalue weighted by Crippen LogP contribution is -2.00. The van der Waals surface area contributed by atoms with Gasteiger partial charge in [-0.15, -0.1) is 5.10 Å². The number of nitrogens with two attached hydrogens (primary N) is 1. The fourth-order valence-electron chi connectivity index (χ4n) is 1.63. The molecule has 7 nitrogen and oxygen atoms in total. The number of para-hydroxylation sites is 1. The van der Waals surface area contributed by atoms with Crippen LogP contribution in [0.3, 0.4) is 0 Å². The molecule has 0 fully saturated rings. The van der Waals surface area contributed by atoms with Crippen molar-refractivity contribution in [3.8, 4) is 5.69 Å². The minimum Gasteiger partial charge on any atom is -0.384 e. The molecule has 3 rings (SSSR count). The standard InChI is InChI=1S/C12H11N7S2/c1-20-11-14-9(13)7-10(15-11)21-12-16-17-18-19(12)8-5-3-2-4-6-8/h2-7H,1H3,(H2,13,14,15). The molecule has 0 atom stereocenters. The predicted molar refractivity (Wildman–Crippen MR) is 81.5 cm³/mol. The van der Waals surface area contributed by atoms with Crippen LogP contribution in [0.4, 0.5) is 5.82 Å². The van der Waals surface area contributed by atoms with Crippen LogP contribution in [0, 0.1) is 0 Å². The van der Waals surface area contributed by atoms with Gasteiger partial charge in [0.2, 0.25) is 5.16 Å². The van der Waals surface area contributed by atoms with Crippen molar-refractivity contribution in [2.45, 2.75) is 15.3 Å². The Kier molecular flexibility index (Phi) is 4.02. The van der Waals surface area contributed by atoms with Crippen molar-refractivity contribution < 1.29 is 0 Å². The van der Waals surface area contributed by atoms with Gasteiger partial charge in [0.05, 0.1) is 5.69 Å². The number of hydrogen-bond donors (Lipinski definition) is 1. The summed E-state index contributed by atoms with van der Waals surface area (Å²) in [5.41, 5.74) is 6.66. The van der Waals surface area contributed by atoms with Gasteiger partial charge >= 0.3 is 0 Å². The summed E-state index contributed by atoms with van der Waals surface area (Å²) in [6.45, 7) is 0. The first-order chi connectivity index (χ1) is 10.3. The van der Waals surface area contributed by atoms with Gasteiger partial charge in [-0.2, -0.15) is 4.68 Å². The van der Waals surface area contributed by atoms with Crippen LogP contribution in [0.25, 0.3) is 5.69 Å². The molecule has 0 amide bonds. The van der Waals surface area contributed by atoms with Crippen molar-refractivity contribution in [1.82, 2.24) is 30.2 Å². The van der Waals surface area contributed by atoms with Crippen LogP contribution < -0.4 is 5.73 Å². The van der Waals surface area contributed by atoms with Crippen LogP contribution in [0.2, 0.25) is 0 Å². The van der Waals surface area contributed by atoms with Gasteiger partial charge in [-0.3, -0.25) is 0 Å². The molecule has 21 heavy (non-hydrogen) atoms. The minimum absolute atomic E-state index is 0.426. The molecule has 2 N–H and O–H groups in total. The van der Waals surface area contributed by atoms with Gasteiger partial charge in [0.15, 0.2) is 5.16 Å². The molecule has 2 heterocycles. The summed E-state index contributed by atoms with van der Waals surface area (Å²) in [6, 6.07) is 11.4. The van der Waals surface area contributed by atoms with Crippen LogP contribution in [0.15, 0.2) is 51.7 Å². The van der Waals surface area contributed by atoms with E-state index in [2.05, 4.69) is 25.5 Å². The van der Waals surface area contributed by atoms with Crippen molar-refractivity contribution >= 4 is 29.3 Å². The molecular formula is C12H11N7S2. The Labute approximate surface area is 129 Å². The maximum atomic E-state index is 5.78. The van der Waals surface area contributed by atoms with E-state index >= 15 is 0 Å². The lowest BCUT2D eigenvalue weighted by molar-refractivity contribution is 0.755. The quantitative estimate of drug-likeness (QED) is 0.443. The number of thioether (sulfide) groups is 1. The molecule has 9 heteroatoms. The Morgan fingerprint density at radius 1 is 1.14 bits per heavy atom. The van der Waals surface area contributed by atoms with E-state index < -0.39 is 0 Å². The first-order valence-corrected chi connectivity index (χ1v) is 8.00. The zero-order valence-electron chi connectivity index (χ0n) is 11.0. The minimum atomic E-state index is 0.426. The number of benzene rings is 1. The second-order valence-corrected chi connectivity index (χ2v) is 5.69. The number of hydrogen-bond acceptors (Lipinski definition) is 8. The van der Waals surface area contributed by atoms with Crippen LogP contribution in [0.1, 0.15) is 0 Å². The van der Waals surface area contributed by atoms with E-state index in [1.165, 1.54) is 23.5 Å². The average Bonchev–Trinajstić information content (AvgIpc) is 2.95. The lowest BCUT2D eigenvalue weighted by Gasteiger charge is -2.05. The van der Waals surface area contributed by atoms with Gasteiger partial charge < -0.3 is 5.73 Å². The van der Waals surface area contributed by atoms with Crippen LogP contribution in [0.5, 0.6) is 0 Å². The molecular weight excluding hydrogens is 306 g/mol. The summed E-state index contributed by atoms with van der Waals surface area (Å²) in [5.74, 6) is 0.426. The predicted octanol–water partition coefficient (Wildman–Crippen LogP) is 1.91. The first-order valence-electron chi connectivity index (χ1n) is 5.96. The second kappa shape index (κ2) is 6.10. The fraction of sp³-hybridized carbons (Fsp3) is 0.0833. The number of anilines is 1. The first kappa shape index (κ1) is 13.8. The molecule has 0 radical (unpaired) electrons. The van der Waals surface area contributed by atoms with E-state index in [1.807, 2.05) is 36.6 Å². The topological polar surface area (TPSA) is 95.4 Å². The van der Waals surface area contributed by atoms with Gasteiger partial charge in [0, 0.05) is 6.07 Å². The Bertz CT molecular complexity index is 744. The summed E-state index contributed by atoms with van der Waals surface area (Å²) >= 11 is 2.78. The van der Waals surface area contributed by atoms with Gasteiger partial charge in [-0.1, -0.05) is 30.0 Å². The Morgan fingerprint density at radius 3 is 2.71 bits per heavy atom. The molecule has 0 unspecified atom stereocenters. The zero-order chi connectivity index (χ0) is 14.7. The molecule has 0 aliphatic rings. The van der Waals surface area contributed by atoms with Crippen molar-refractivity contribution in [3.63, 3.8) is 0 Å². The number of rotatable bonds is 4. The maximum absolute atomic E-state index is 5.78. The second-order valence-electron chi connectivity index (χ2n) is 3.93. The van der Waals surface area contributed by atoms with Crippen LogP contribution in [-0.2, 0) is 0 Å². The Hall–Kier alpha value is -2.13. The highest BCUT2D eigenvalue weighted by atomic mass is 32.2. The molecule has 106 valence electrons. The highest BCUT2D eigenvalue weighted by molar-refractivity contribution is 7.99. The van der Waals surface area contributed by atoms with Crippen molar-refractivity contribution in [2.24, 2.45) is 0 Å². The highest BCUT2D eigenvalue weighted by Gasteiger charge is 2.12. The largest absolute Gasteiger partial charge is 0.384 e. The molecule has 0 bridgehead atoms. The van der Waals surface area contributed by atoms with Crippen LogP contribution >= 0.6 is 23.5 Å². The smallest absolute Gasteiger partial charge is 0.220 e. The highest BCUT2D eigenvalue weighted by Crippen LogP contribution is 2.27. The Morgan fingerprint density at radius 2 is 1.95 bits per heavy atom. The van der Waals surface area contributed by atoms with Crippen molar-refractivity contribution in [3.05, 3.63) is 36.4 Å². The molecule has 3 aromatic rings. The van der Waals surface area contributed by atoms with E-state index in [0.717, 1.165) is 5.69 Å². The van der Waals surface area contributed by atoms with E-state index in [9.17, 15) is 0 Å². The average molecular weight is 317 g/mol. The van der Waals surface area contributed by atoms with Crippen molar-refractivity contribution in [2.75, 3.05) is 12.0 Å². The fourth-order valence-corrected chi connectivity index (χ4v) is 2.88. The summed E-state index contributed by atoms with van der Waals surface area (Å²) in [5, 5.41) is 13.7. The lowest BCUT2D eigenvalue weighted by atomic mass is 10.3. The monoisotopic (exact) mass is 317 g/mol. The summed E-state index contributed by atoms with van der Waals surface area (Å²) < 4.78 is 1.65. The maximum Gasteiger partial charge on any atom is 0.220 e. The third-order valence-electron chi connectivity index (χ3n) is 2.52. The summed E-state index contributed by atoms with van der Waals surface area (Å²) in [6.07, 6.45) is 1.90. The summed E-state index contributed by atoms with van der Waals surface area (Å²) in [7, 11) is 0. The molecule has 0 aliphatic carbocycles. The van der Waals surface area contributed by atoms with Gasteiger partial charge in [0.25, 0.3) is 0 Å². The normalized spacial score (nSPS) is 10.7. The zero-order valence-corrected chi connectivity index (χ0v) is 12.7. The van der Waals surface area contributed by atoms with E-state index in [0.29, 0.717) is 21.2 Å². The SMILES string of the molecule is CSc1nc(N)cc(Sc2nnnn2-c2ccccc2)n1. The number of tetrazole rings is 1. The van der Waals surface area contributed by atoms with E-state index in [1.54, 1.807) is 10.7 Å². The van der Waals surface area contributed by atoms with Gasteiger partial charge in [-0.05, 0) is 40.6 Å². The van der Waals surface area contributed by atoms with E-state index in [-0.39, 0.29) is 0 Å². The third-order valence-corrected chi connectivity index (χ3v) is 3.93. The van der Waals surface area contributed by atoms with Crippen LogP contribution in [-0.4, -0.2) is 36.4 Å². The number of nitrogen functional groups attached to an aromatic ring is 1. The molecule has 2 aromatic heterocycles. The molecule has 0 aliphatic heterocycles. The number of aromatic nitrogens is 6. The third kappa shape index (κ3) is 3.14. The van der Waals surface area contributed by atoms with Crippen molar-refractivity contribution in [1.29, 1.82) is 0 Å². The molecule has 1 aromatic carbocycles. The molecule has 0 spiro atoms. The number of nitrogens with zero attached hydrogens (tertiary/aromatic N) is 6. The summed E-state index contributed by atoms with van der Waals surface area (Å²) in [4.78, 5) is 8.51.